The molecular formula is C11H12BrNaO3S. The molecule has 0 amide bonds. The Morgan fingerprint density at radius 2 is 2.24 bits per heavy atom. The first-order valence-corrected chi connectivity index (χ1v) is 6.92. The van der Waals surface area contributed by atoms with E-state index >= 15 is 0 Å². The molecule has 0 aliphatic heterocycles. The van der Waals surface area contributed by atoms with E-state index < -0.39 is 12.1 Å². The molecule has 0 heterocycles. The van der Waals surface area contributed by atoms with E-state index in [1.807, 2.05) is 6.26 Å². The molecule has 0 bridgehead atoms. The molecule has 1 N–H and O–H groups in total. The second-order valence-corrected chi connectivity index (χ2v) is 5.22. The van der Waals surface area contributed by atoms with Gasteiger partial charge in [-0.2, -0.15) is 11.8 Å². The first-order chi connectivity index (χ1) is 7.56. The van der Waals surface area contributed by atoms with Crippen molar-refractivity contribution in [2.24, 2.45) is 0 Å². The summed E-state index contributed by atoms with van der Waals surface area (Å²) in [6, 6.07) is 4.78. The average molecular weight is 327 g/mol. The topological polar surface area (TPSA) is 60.4 Å². The number of carboxylic acids is 1. The number of carboxylic acid groups (broad SMARTS) is 1. The van der Waals surface area contributed by atoms with Gasteiger partial charge in [0.25, 0.3) is 0 Å². The van der Waals surface area contributed by atoms with Gasteiger partial charge in [0.1, 0.15) is 0 Å². The zero-order valence-electron chi connectivity index (χ0n) is 9.77. The largest absolute Gasteiger partial charge is 1.00 e. The van der Waals surface area contributed by atoms with Gasteiger partial charge in [-0.3, -0.25) is 0 Å². The van der Waals surface area contributed by atoms with Gasteiger partial charge in [0.15, 0.2) is 0 Å². The third-order valence-electron chi connectivity index (χ3n) is 2.19. The SMILES string of the molecule is CSCCC(O)c1ccc(Br)cc1C(=O)[O-].[Na+]. The molecule has 6 heteroatoms. The van der Waals surface area contributed by atoms with E-state index in [1.165, 1.54) is 6.07 Å². The molecule has 1 unspecified atom stereocenters. The number of hydrogen-bond acceptors (Lipinski definition) is 4. The maximum Gasteiger partial charge on any atom is 1.00 e. The normalized spacial score (nSPS) is 11.7. The van der Waals surface area contributed by atoms with Crippen LogP contribution in [-0.4, -0.2) is 23.1 Å². The fraction of sp³-hybridized carbons (Fsp3) is 0.364. The van der Waals surface area contributed by atoms with Crippen molar-refractivity contribution in [3.05, 3.63) is 33.8 Å². The van der Waals surface area contributed by atoms with Crippen molar-refractivity contribution in [3.63, 3.8) is 0 Å². The number of aromatic carboxylic acids is 1. The number of aliphatic hydroxyl groups excluding tert-OH is 1. The Morgan fingerprint density at radius 3 is 2.76 bits per heavy atom. The average Bonchev–Trinajstić information content (AvgIpc) is 2.25. The summed E-state index contributed by atoms with van der Waals surface area (Å²) < 4.78 is 0.660. The molecule has 0 saturated heterocycles. The van der Waals surface area contributed by atoms with Gasteiger partial charge < -0.3 is 15.0 Å². The van der Waals surface area contributed by atoms with Crippen molar-refractivity contribution in [2.45, 2.75) is 12.5 Å². The zero-order chi connectivity index (χ0) is 12.1. The van der Waals surface area contributed by atoms with Crippen molar-refractivity contribution in [2.75, 3.05) is 12.0 Å². The maximum absolute atomic E-state index is 10.9. The van der Waals surface area contributed by atoms with Crippen LogP contribution < -0.4 is 34.7 Å². The molecule has 0 aromatic heterocycles. The van der Waals surface area contributed by atoms with Crippen LogP contribution in [0.15, 0.2) is 22.7 Å². The van der Waals surface area contributed by atoms with Gasteiger partial charge in [0.05, 0.1) is 12.1 Å². The Labute approximate surface area is 135 Å². The van der Waals surface area contributed by atoms with Gasteiger partial charge in [-0.05, 0) is 36.1 Å². The van der Waals surface area contributed by atoms with Crippen LogP contribution in [0.1, 0.15) is 28.4 Å². The van der Waals surface area contributed by atoms with Crippen molar-refractivity contribution in [1.82, 2.24) is 0 Å². The summed E-state index contributed by atoms with van der Waals surface area (Å²) in [6.45, 7) is 0. The summed E-state index contributed by atoms with van der Waals surface area (Å²) in [5.74, 6) is -0.483. The Kier molecular flexibility index (Phi) is 8.80. The Balaban J connectivity index is 0.00000256. The number of rotatable bonds is 5. The van der Waals surface area contributed by atoms with Crippen LogP contribution in [0.25, 0.3) is 0 Å². The van der Waals surface area contributed by atoms with Gasteiger partial charge in [0.2, 0.25) is 0 Å². The molecule has 0 saturated carbocycles. The standard InChI is InChI=1S/C11H13BrO3S.Na/c1-16-5-4-10(13)8-3-2-7(12)6-9(8)11(14)15;/h2-3,6,10,13H,4-5H2,1H3,(H,14,15);/q;+1/p-1. The minimum absolute atomic E-state index is 0. The number of carbonyl (C=O) groups excluding carboxylic acids is 1. The maximum atomic E-state index is 10.9. The Hall–Kier alpha value is 0.480. The summed E-state index contributed by atoms with van der Waals surface area (Å²) in [5.41, 5.74) is 0.459. The second kappa shape index (κ2) is 8.56. The van der Waals surface area contributed by atoms with Crippen LogP contribution in [0.3, 0.4) is 0 Å². The summed E-state index contributed by atoms with van der Waals surface area (Å²) in [5, 5.41) is 20.8. The molecule has 17 heavy (non-hydrogen) atoms. The first kappa shape index (κ1) is 17.5. The molecule has 0 aliphatic rings. The van der Waals surface area contributed by atoms with E-state index in [9.17, 15) is 15.0 Å². The number of hydrogen-bond donors (Lipinski definition) is 1. The van der Waals surface area contributed by atoms with E-state index in [1.54, 1.807) is 23.9 Å². The van der Waals surface area contributed by atoms with Gasteiger partial charge in [-0.1, -0.05) is 22.0 Å². The van der Waals surface area contributed by atoms with Crippen molar-refractivity contribution in [1.29, 1.82) is 0 Å². The molecule has 0 fully saturated rings. The van der Waals surface area contributed by atoms with Gasteiger partial charge >= 0.3 is 29.6 Å². The molecule has 1 aromatic carbocycles. The van der Waals surface area contributed by atoms with E-state index in [0.29, 0.717) is 16.5 Å². The van der Waals surface area contributed by atoms with Crippen LogP contribution in [0.5, 0.6) is 0 Å². The monoisotopic (exact) mass is 326 g/mol. The fourth-order valence-corrected chi connectivity index (χ4v) is 2.20. The molecule has 0 aliphatic carbocycles. The smallest absolute Gasteiger partial charge is 0.545 e. The van der Waals surface area contributed by atoms with Gasteiger partial charge in [0, 0.05) is 10.0 Å². The quantitative estimate of drug-likeness (QED) is 0.676. The van der Waals surface area contributed by atoms with Gasteiger partial charge in [-0.15, -0.1) is 0 Å². The van der Waals surface area contributed by atoms with E-state index in [4.69, 9.17) is 0 Å². The van der Waals surface area contributed by atoms with Crippen LogP contribution in [-0.2, 0) is 0 Å². The van der Waals surface area contributed by atoms with E-state index in [-0.39, 0.29) is 35.1 Å². The second-order valence-electron chi connectivity index (χ2n) is 3.32. The predicted octanol–water partition coefficient (Wildman–Crippen LogP) is -1.40. The molecule has 1 aromatic rings. The minimum Gasteiger partial charge on any atom is -0.545 e. The predicted molar refractivity (Wildman–Crippen MR) is 66.4 cm³/mol. The molecule has 1 rings (SSSR count). The summed E-state index contributed by atoms with van der Waals surface area (Å²) >= 11 is 4.80. The third-order valence-corrected chi connectivity index (χ3v) is 3.33. The molecule has 88 valence electrons. The zero-order valence-corrected chi connectivity index (χ0v) is 14.2. The number of carbonyl (C=O) groups is 1. The van der Waals surface area contributed by atoms with Crippen LogP contribution in [0, 0.1) is 0 Å². The molecular weight excluding hydrogens is 315 g/mol. The van der Waals surface area contributed by atoms with Crippen LogP contribution in [0.4, 0.5) is 0 Å². The molecule has 0 spiro atoms. The molecule has 1 atom stereocenters. The third kappa shape index (κ3) is 5.32. The van der Waals surface area contributed by atoms with E-state index in [0.717, 1.165) is 5.75 Å². The summed E-state index contributed by atoms with van der Waals surface area (Å²) in [6.07, 6.45) is 1.71. The Bertz CT molecular complexity index is 387. The van der Waals surface area contributed by atoms with E-state index in [2.05, 4.69) is 15.9 Å². The van der Waals surface area contributed by atoms with Crippen molar-refractivity contribution in [3.8, 4) is 0 Å². The first-order valence-electron chi connectivity index (χ1n) is 4.74. The fourth-order valence-electron chi connectivity index (χ4n) is 1.38. The number of thioether (sulfide) groups is 1. The minimum atomic E-state index is -1.26. The van der Waals surface area contributed by atoms with Crippen LogP contribution >= 0.6 is 27.7 Å². The Morgan fingerprint density at radius 1 is 1.59 bits per heavy atom. The number of benzene rings is 1. The van der Waals surface area contributed by atoms with Gasteiger partial charge in [-0.25, -0.2) is 0 Å². The number of aliphatic hydroxyl groups is 1. The number of halogens is 1. The van der Waals surface area contributed by atoms with Crippen molar-refractivity contribution >= 4 is 33.7 Å². The summed E-state index contributed by atoms with van der Waals surface area (Å²) in [7, 11) is 0. The molecule has 0 radical (unpaired) electrons. The summed E-state index contributed by atoms with van der Waals surface area (Å²) in [4.78, 5) is 10.9. The molecule has 3 nitrogen and oxygen atoms in total. The van der Waals surface area contributed by atoms with Crippen molar-refractivity contribution < 1.29 is 44.6 Å². The van der Waals surface area contributed by atoms with Crippen LogP contribution in [0.2, 0.25) is 0 Å².